The van der Waals surface area contributed by atoms with Crippen LogP contribution >= 0.6 is 34.8 Å². The van der Waals surface area contributed by atoms with Crippen molar-refractivity contribution in [3.63, 3.8) is 0 Å². The molecule has 0 aromatic heterocycles. The number of ether oxygens (including phenoxy) is 1. The molecule has 2 heterocycles. The summed E-state index contributed by atoms with van der Waals surface area (Å²) < 4.78 is 6.32. The number of hydrogen-bond donors (Lipinski definition) is 1. The molecule has 0 spiro atoms. The van der Waals surface area contributed by atoms with Gasteiger partial charge in [0.15, 0.2) is 0 Å². The zero-order valence-corrected chi connectivity index (χ0v) is 19.4. The molecular formula is C26H17Cl3N2O2. The minimum atomic E-state index is -0.696. The second-order valence-corrected chi connectivity index (χ2v) is 9.47. The average molecular weight is 496 g/mol. The highest BCUT2D eigenvalue weighted by Gasteiger charge is 2.43. The molecule has 0 amide bonds. The van der Waals surface area contributed by atoms with Crippen molar-refractivity contribution < 1.29 is 9.84 Å². The zero-order chi connectivity index (χ0) is 22.7. The number of nitrogens with zero attached hydrogens (tertiary/aromatic N) is 2. The van der Waals surface area contributed by atoms with Crippen molar-refractivity contribution in [3.8, 4) is 11.5 Å². The van der Waals surface area contributed by atoms with Gasteiger partial charge in [-0.15, -0.1) is 0 Å². The number of benzene rings is 4. The Balaban J connectivity index is 1.50. The first-order valence-corrected chi connectivity index (χ1v) is 11.6. The summed E-state index contributed by atoms with van der Waals surface area (Å²) in [5.74, 6) is 0.618. The van der Waals surface area contributed by atoms with E-state index < -0.39 is 6.23 Å². The van der Waals surface area contributed by atoms with E-state index >= 15 is 0 Å². The predicted octanol–water partition coefficient (Wildman–Crippen LogP) is 7.75. The Morgan fingerprint density at radius 1 is 0.848 bits per heavy atom. The van der Waals surface area contributed by atoms with E-state index in [0.29, 0.717) is 32.8 Å². The molecular weight excluding hydrogens is 479 g/mol. The number of halogens is 3. The third-order valence-corrected chi connectivity index (χ3v) is 6.88. The maximum Gasteiger partial charge on any atom is 0.217 e. The number of hydrazone groups is 1. The summed E-state index contributed by atoms with van der Waals surface area (Å²) in [4.78, 5) is 0. The summed E-state index contributed by atoms with van der Waals surface area (Å²) in [5, 5.41) is 21.2. The lowest BCUT2D eigenvalue weighted by molar-refractivity contribution is -0.0202. The van der Waals surface area contributed by atoms with Gasteiger partial charge in [-0.3, -0.25) is 0 Å². The van der Waals surface area contributed by atoms with Crippen LogP contribution in [0.3, 0.4) is 0 Å². The molecule has 0 aliphatic carbocycles. The van der Waals surface area contributed by atoms with E-state index in [2.05, 4.69) is 30.3 Å². The van der Waals surface area contributed by atoms with E-state index in [9.17, 15) is 5.11 Å². The predicted molar refractivity (Wildman–Crippen MR) is 133 cm³/mol. The number of phenolic OH excluding ortho intramolecular Hbond substituents is 1. The first-order valence-electron chi connectivity index (χ1n) is 10.5. The number of hydrogen-bond acceptors (Lipinski definition) is 4. The summed E-state index contributed by atoms with van der Waals surface area (Å²) in [6, 6.07) is 22.8. The van der Waals surface area contributed by atoms with Gasteiger partial charge in [-0.05, 0) is 52.7 Å². The van der Waals surface area contributed by atoms with Crippen molar-refractivity contribution in [3.05, 3.63) is 105 Å². The van der Waals surface area contributed by atoms with Gasteiger partial charge in [-0.2, -0.15) is 5.10 Å². The molecule has 4 nitrogen and oxygen atoms in total. The normalized spacial score (nSPS) is 19.1. The quantitative estimate of drug-likeness (QED) is 0.309. The molecule has 2 aliphatic heterocycles. The molecule has 2 aliphatic rings. The topological polar surface area (TPSA) is 45.1 Å². The first kappa shape index (κ1) is 20.7. The molecule has 4 aromatic carbocycles. The molecule has 0 bridgehead atoms. The summed E-state index contributed by atoms with van der Waals surface area (Å²) in [6.45, 7) is 0. The Labute approximate surface area is 205 Å². The highest BCUT2D eigenvalue weighted by Crippen LogP contribution is 2.52. The summed E-state index contributed by atoms with van der Waals surface area (Å²) in [7, 11) is 0. The number of phenols is 1. The molecule has 164 valence electrons. The first-order chi connectivity index (χ1) is 16.0. The van der Waals surface area contributed by atoms with Crippen molar-refractivity contribution in [2.45, 2.75) is 18.7 Å². The molecule has 33 heavy (non-hydrogen) atoms. The van der Waals surface area contributed by atoms with Crippen molar-refractivity contribution in [2.24, 2.45) is 5.10 Å². The Morgan fingerprint density at radius 2 is 1.64 bits per heavy atom. The van der Waals surface area contributed by atoms with Crippen LogP contribution in [-0.2, 0) is 0 Å². The average Bonchev–Trinajstić information content (AvgIpc) is 3.26. The van der Waals surface area contributed by atoms with Crippen LogP contribution in [0.1, 0.15) is 35.4 Å². The molecule has 0 saturated heterocycles. The fourth-order valence-corrected chi connectivity index (χ4v) is 5.32. The fourth-order valence-electron chi connectivity index (χ4n) is 4.59. The van der Waals surface area contributed by atoms with Gasteiger partial charge in [-0.1, -0.05) is 71.2 Å². The van der Waals surface area contributed by atoms with Crippen LogP contribution in [-0.4, -0.2) is 15.8 Å². The minimum Gasteiger partial charge on any atom is -0.507 e. The van der Waals surface area contributed by atoms with Gasteiger partial charge in [0.05, 0.1) is 22.3 Å². The van der Waals surface area contributed by atoms with Crippen molar-refractivity contribution in [1.29, 1.82) is 0 Å². The second-order valence-electron chi connectivity index (χ2n) is 8.19. The molecule has 7 heteroatoms. The van der Waals surface area contributed by atoms with Gasteiger partial charge in [-0.25, -0.2) is 5.01 Å². The van der Waals surface area contributed by atoms with Crippen molar-refractivity contribution >= 4 is 51.3 Å². The molecule has 0 saturated carbocycles. The molecule has 4 aromatic rings. The van der Waals surface area contributed by atoms with Crippen molar-refractivity contribution in [2.75, 3.05) is 0 Å². The summed E-state index contributed by atoms with van der Waals surface area (Å²) in [6.07, 6.45) is -0.0544. The van der Waals surface area contributed by atoms with Gasteiger partial charge in [0, 0.05) is 22.0 Å². The Kier molecular flexibility index (Phi) is 4.91. The molecule has 6 rings (SSSR count). The smallest absolute Gasteiger partial charge is 0.217 e. The maximum absolute atomic E-state index is 10.6. The zero-order valence-electron chi connectivity index (χ0n) is 17.2. The van der Waals surface area contributed by atoms with Crippen LogP contribution in [0, 0.1) is 0 Å². The lowest BCUT2D eigenvalue weighted by Crippen LogP contribution is -2.34. The SMILES string of the molecule is Oc1ccc(Cl)cc1C1Oc2c(Cl)cc(Cl)cc2C2CC(c3ccc4ccccc4c3)=NN21. The van der Waals surface area contributed by atoms with E-state index in [1.807, 2.05) is 23.2 Å². The second kappa shape index (κ2) is 7.84. The van der Waals surface area contributed by atoms with E-state index in [-0.39, 0.29) is 11.8 Å². The molecule has 1 N–H and O–H groups in total. The lowest BCUT2D eigenvalue weighted by Gasteiger charge is -2.38. The minimum absolute atomic E-state index is 0.0750. The Morgan fingerprint density at radius 3 is 2.48 bits per heavy atom. The standard InChI is InChI=1S/C26H17Cl3N2O2/c27-17-7-8-24(32)20(10-17)26-31-23(19-11-18(28)12-21(29)25(19)33-26)13-22(30-31)16-6-5-14-3-1-2-4-15(14)9-16/h1-12,23,26,32H,13H2. The van der Waals surface area contributed by atoms with Crippen LogP contribution < -0.4 is 4.74 Å². The third kappa shape index (κ3) is 3.50. The highest BCUT2D eigenvalue weighted by molar-refractivity contribution is 6.35. The highest BCUT2D eigenvalue weighted by atomic mass is 35.5. The third-order valence-electron chi connectivity index (χ3n) is 6.15. The van der Waals surface area contributed by atoms with E-state index in [4.69, 9.17) is 44.6 Å². The van der Waals surface area contributed by atoms with Crippen LogP contribution in [0.25, 0.3) is 10.8 Å². The van der Waals surface area contributed by atoms with Gasteiger partial charge in [0.25, 0.3) is 0 Å². The summed E-state index contributed by atoms with van der Waals surface area (Å²) >= 11 is 19.1. The number of fused-ring (bicyclic) bond motifs is 4. The van der Waals surface area contributed by atoms with Crippen LogP contribution in [0.5, 0.6) is 11.5 Å². The molecule has 2 atom stereocenters. The van der Waals surface area contributed by atoms with E-state index in [0.717, 1.165) is 22.2 Å². The largest absolute Gasteiger partial charge is 0.507 e. The Bertz CT molecular complexity index is 1450. The van der Waals surface area contributed by atoms with Crippen LogP contribution in [0.2, 0.25) is 15.1 Å². The number of rotatable bonds is 2. The maximum atomic E-state index is 10.6. The molecule has 2 unspecified atom stereocenters. The van der Waals surface area contributed by atoms with Gasteiger partial charge in [0.1, 0.15) is 11.5 Å². The van der Waals surface area contributed by atoms with Crippen molar-refractivity contribution in [1.82, 2.24) is 5.01 Å². The van der Waals surface area contributed by atoms with Crippen LogP contribution in [0.4, 0.5) is 0 Å². The van der Waals surface area contributed by atoms with Gasteiger partial charge in [0.2, 0.25) is 6.23 Å². The lowest BCUT2D eigenvalue weighted by atomic mass is 9.95. The molecule has 0 radical (unpaired) electrons. The molecule has 0 fully saturated rings. The van der Waals surface area contributed by atoms with Gasteiger partial charge >= 0.3 is 0 Å². The van der Waals surface area contributed by atoms with E-state index in [1.54, 1.807) is 24.3 Å². The number of aromatic hydroxyl groups is 1. The monoisotopic (exact) mass is 494 g/mol. The summed E-state index contributed by atoms with van der Waals surface area (Å²) in [5.41, 5.74) is 3.34. The van der Waals surface area contributed by atoms with Crippen LogP contribution in [0.15, 0.2) is 77.9 Å². The van der Waals surface area contributed by atoms with E-state index in [1.165, 1.54) is 5.39 Å². The Hall–Kier alpha value is -2.92. The van der Waals surface area contributed by atoms with Gasteiger partial charge < -0.3 is 9.84 Å². The fraction of sp³-hybridized carbons (Fsp3) is 0.115.